The number of ether oxygens (including phenoxy) is 2. The SMILES string of the molecule is COCCn1cc(-c2cc(COc3ccccc3CC(=O)O)cc(-c3cccc(CN)c3)c2)cn1. The van der Waals surface area contributed by atoms with Crippen molar-refractivity contribution < 1.29 is 19.4 Å². The summed E-state index contributed by atoms with van der Waals surface area (Å²) in [5.41, 5.74) is 12.6. The topological polar surface area (TPSA) is 99.6 Å². The summed E-state index contributed by atoms with van der Waals surface area (Å²) < 4.78 is 13.1. The first kappa shape index (κ1) is 24.2. The molecule has 0 unspecified atom stereocenters. The lowest BCUT2D eigenvalue weighted by Crippen LogP contribution is -2.04. The fourth-order valence-corrected chi connectivity index (χ4v) is 3.92. The summed E-state index contributed by atoms with van der Waals surface area (Å²) in [4.78, 5) is 11.2. The third-order valence-electron chi connectivity index (χ3n) is 5.69. The van der Waals surface area contributed by atoms with Gasteiger partial charge in [0, 0.05) is 31.0 Å². The van der Waals surface area contributed by atoms with Crippen LogP contribution < -0.4 is 10.5 Å². The van der Waals surface area contributed by atoms with Crippen molar-refractivity contribution in [3.63, 3.8) is 0 Å². The Bertz CT molecular complexity index is 1300. The zero-order valence-corrected chi connectivity index (χ0v) is 19.7. The number of hydrogen-bond donors (Lipinski definition) is 2. The number of benzene rings is 3. The molecule has 4 rings (SSSR count). The van der Waals surface area contributed by atoms with Crippen LogP contribution in [0.4, 0.5) is 0 Å². The van der Waals surface area contributed by atoms with Gasteiger partial charge in [-0.1, -0.05) is 36.4 Å². The van der Waals surface area contributed by atoms with Crippen LogP contribution in [0.5, 0.6) is 5.75 Å². The van der Waals surface area contributed by atoms with E-state index in [1.165, 1.54) is 0 Å². The van der Waals surface area contributed by atoms with Crippen LogP contribution in [0.15, 0.2) is 79.1 Å². The molecule has 0 radical (unpaired) electrons. The van der Waals surface area contributed by atoms with E-state index in [1.807, 2.05) is 41.3 Å². The number of hydrogen-bond acceptors (Lipinski definition) is 5. The molecule has 1 aromatic heterocycles. The molecule has 0 bridgehead atoms. The van der Waals surface area contributed by atoms with E-state index in [0.29, 0.717) is 37.6 Å². The molecule has 0 fully saturated rings. The van der Waals surface area contributed by atoms with E-state index in [0.717, 1.165) is 33.4 Å². The fourth-order valence-electron chi connectivity index (χ4n) is 3.92. The number of nitrogens with two attached hydrogens (primary N) is 1. The van der Waals surface area contributed by atoms with Crippen molar-refractivity contribution in [3.05, 3.63) is 95.8 Å². The molecule has 0 aliphatic rings. The van der Waals surface area contributed by atoms with Gasteiger partial charge in [0.05, 0.1) is 25.8 Å². The average molecular weight is 472 g/mol. The number of para-hydroxylation sites is 1. The number of carboxylic acid groups (broad SMARTS) is 1. The molecule has 7 nitrogen and oxygen atoms in total. The van der Waals surface area contributed by atoms with Gasteiger partial charge < -0.3 is 20.3 Å². The molecule has 180 valence electrons. The Labute approximate surface area is 204 Å². The molecule has 0 aliphatic carbocycles. The predicted octanol–water partition coefficient (Wildman–Crippen LogP) is 4.53. The van der Waals surface area contributed by atoms with Crippen molar-refractivity contribution in [1.29, 1.82) is 0 Å². The fraction of sp³-hybridized carbons (Fsp3) is 0.214. The van der Waals surface area contributed by atoms with Crippen LogP contribution >= 0.6 is 0 Å². The lowest BCUT2D eigenvalue weighted by molar-refractivity contribution is -0.136. The zero-order chi connectivity index (χ0) is 24.6. The molecule has 4 aromatic rings. The van der Waals surface area contributed by atoms with Crippen molar-refractivity contribution in [2.45, 2.75) is 26.1 Å². The van der Waals surface area contributed by atoms with Crippen molar-refractivity contribution in [1.82, 2.24) is 9.78 Å². The Balaban J connectivity index is 1.67. The van der Waals surface area contributed by atoms with Gasteiger partial charge in [0.15, 0.2) is 0 Å². The van der Waals surface area contributed by atoms with Crippen molar-refractivity contribution in [2.75, 3.05) is 13.7 Å². The molecule has 1 heterocycles. The van der Waals surface area contributed by atoms with Crippen LogP contribution in [0.25, 0.3) is 22.3 Å². The maximum absolute atomic E-state index is 11.2. The number of nitrogens with zero attached hydrogens (tertiary/aromatic N) is 2. The van der Waals surface area contributed by atoms with Gasteiger partial charge in [0.25, 0.3) is 0 Å². The summed E-state index contributed by atoms with van der Waals surface area (Å²) in [6, 6.07) is 21.7. The number of rotatable bonds is 11. The number of methoxy groups -OCH3 is 1. The van der Waals surface area contributed by atoms with Crippen LogP contribution in [0.3, 0.4) is 0 Å². The highest BCUT2D eigenvalue weighted by Crippen LogP contribution is 2.30. The summed E-state index contributed by atoms with van der Waals surface area (Å²) >= 11 is 0. The first-order valence-electron chi connectivity index (χ1n) is 11.4. The minimum absolute atomic E-state index is 0.0893. The van der Waals surface area contributed by atoms with Gasteiger partial charge in [0.1, 0.15) is 12.4 Å². The molecule has 7 heteroatoms. The Morgan fingerprint density at radius 2 is 1.74 bits per heavy atom. The third kappa shape index (κ3) is 6.35. The monoisotopic (exact) mass is 471 g/mol. The molecule has 0 saturated carbocycles. The second-order valence-electron chi connectivity index (χ2n) is 8.27. The standard InChI is InChI=1S/C28H29N3O4/c1-34-10-9-31-18-26(17-30-31)25-13-21(12-24(14-25)22-7-4-5-20(11-22)16-29)19-35-27-8-3-2-6-23(27)15-28(32)33/h2-8,11-14,17-18H,9-10,15-16,19,29H2,1H3,(H,32,33). The Kier molecular flexibility index (Phi) is 7.92. The normalized spacial score (nSPS) is 10.9. The molecule has 0 atom stereocenters. The van der Waals surface area contributed by atoms with Gasteiger partial charge in [-0.05, 0) is 58.1 Å². The first-order valence-corrected chi connectivity index (χ1v) is 11.4. The highest BCUT2D eigenvalue weighted by atomic mass is 16.5. The maximum atomic E-state index is 11.2. The molecular formula is C28H29N3O4. The second kappa shape index (κ2) is 11.5. The predicted molar refractivity (Wildman–Crippen MR) is 135 cm³/mol. The summed E-state index contributed by atoms with van der Waals surface area (Å²) in [6.45, 7) is 2.02. The highest BCUT2D eigenvalue weighted by molar-refractivity contribution is 5.74. The molecule has 0 saturated heterocycles. The van der Waals surface area contributed by atoms with Crippen molar-refractivity contribution in [2.24, 2.45) is 5.73 Å². The molecule has 3 aromatic carbocycles. The molecule has 0 amide bonds. The van der Waals surface area contributed by atoms with Gasteiger partial charge in [-0.25, -0.2) is 0 Å². The largest absolute Gasteiger partial charge is 0.489 e. The number of carbonyl (C=O) groups is 1. The minimum Gasteiger partial charge on any atom is -0.489 e. The first-order chi connectivity index (χ1) is 17.1. The van der Waals surface area contributed by atoms with Crippen LogP contribution in [-0.4, -0.2) is 34.6 Å². The quantitative estimate of drug-likeness (QED) is 0.333. The molecule has 0 spiro atoms. The smallest absolute Gasteiger partial charge is 0.307 e. The summed E-state index contributed by atoms with van der Waals surface area (Å²) in [5.74, 6) is -0.324. The zero-order valence-electron chi connectivity index (χ0n) is 19.7. The minimum atomic E-state index is -0.893. The van der Waals surface area contributed by atoms with E-state index < -0.39 is 5.97 Å². The van der Waals surface area contributed by atoms with E-state index >= 15 is 0 Å². The molecule has 35 heavy (non-hydrogen) atoms. The Morgan fingerprint density at radius 3 is 2.51 bits per heavy atom. The van der Waals surface area contributed by atoms with E-state index in [9.17, 15) is 9.90 Å². The van der Waals surface area contributed by atoms with Crippen LogP contribution in [0, 0.1) is 0 Å². The number of carboxylic acids is 1. The summed E-state index contributed by atoms with van der Waals surface area (Å²) in [5, 5.41) is 13.7. The van der Waals surface area contributed by atoms with E-state index in [4.69, 9.17) is 15.2 Å². The average Bonchev–Trinajstić information content (AvgIpc) is 3.35. The van der Waals surface area contributed by atoms with Gasteiger partial charge in [-0.15, -0.1) is 0 Å². The lowest BCUT2D eigenvalue weighted by Gasteiger charge is -2.13. The van der Waals surface area contributed by atoms with E-state index in [-0.39, 0.29) is 6.42 Å². The Hall–Kier alpha value is -3.94. The van der Waals surface area contributed by atoms with Gasteiger partial charge in [0.2, 0.25) is 0 Å². The Morgan fingerprint density at radius 1 is 0.971 bits per heavy atom. The van der Waals surface area contributed by atoms with Crippen LogP contribution in [0.2, 0.25) is 0 Å². The molecule has 3 N–H and O–H groups in total. The third-order valence-corrected chi connectivity index (χ3v) is 5.69. The van der Waals surface area contributed by atoms with Crippen molar-refractivity contribution in [3.8, 4) is 28.0 Å². The second-order valence-corrected chi connectivity index (χ2v) is 8.27. The number of aromatic nitrogens is 2. The molecular weight excluding hydrogens is 442 g/mol. The lowest BCUT2D eigenvalue weighted by atomic mass is 9.96. The van der Waals surface area contributed by atoms with E-state index in [2.05, 4.69) is 35.4 Å². The molecule has 0 aliphatic heterocycles. The maximum Gasteiger partial charge on any atom is 0.307 e. The highest BCUT2D eigenvalue weighted by Gasteiger charge is 2.11. The van der Waals surface area contributed by atoms with Gasteiger partial charge in [-0.3, -0.25) is 9.48 Å². The number of aliphatic carboxylic acids is 1. The van der Waals surface area contributed by atoms with Crippen LogP contribution in [0.1, 0.15) is 16.7 Å². The summed E-state index contributed by atoms with van der Waals surface area (Å²) in [7, 11) is 1.67. The van der Waals surface area contributed by atoms with Crippen molar-refractivity contribution >= 4 is 5.97 Å². The van der Waals surface area contributed by atoms with Gasteiger partial charge in [-0.2, -0.15) is 5.10 Å². The van der Waals surface area contributed by atoms with Gasteiger partial charge >= 0.3 is 5.97 Å². The van der Waals surface area contributed by atoms with Crippen LogP contribution in [-0.2, 0) is 35.6 Å². The summed E-state index contributed by atoms with van der Waals surface area (Å²) in [6.07, 6.45) is 3.76. The van der Waals surface area contributed by atoms with E-state index in [1.54, 1.807) is 19.2 Å².